The van der Waals surface area contributed by atoms with E-state index < -0.39 is 0 Å². The predicted molar refractivity (Wildman–Crippen MR) is 98.0 cm³/mol. The van der Waals surface area contributed by atoms with E-state index in [1.54, 1.807) is 11.8 Å². The summed E-state index contributed by atoms with van der Waals surface area (Å²) in [5, 5.41) is 15.7. The van der Waals surface area contributed by atoms with E-state index in [2.05, 4.69) is 20.8 Å². The van der Waals surface area contributed by atoms with Crippen molar-refractivity contribution in [2.24, 2.45) is 11.8 Å². The quantitative estimate of drug-likeness (QED) is 0.678. The number of rotatable bonds is 9. The van der Waals surface area contributed by atoms with Gasteiger partial charge in [0.25, 0.3) is 0 Å². The molecule has 2 fully saturated rings. The molecule has 1 aromatic carbocycles. The highest BCUT2D eigenvalue weighted by Gasteiger charge is 2.42. The first-order chi connectivity index (χ1) is 12.7. The van der Waals surface area contributed by atoms with E-state index in [1.807, 2.05) is 24.3 Å². The van der Waals surface area contributed by atoms with Crippen molar-refractivity contribution >= 4 is 17.7 Å². The van der Waals surface area contributed by atoms with Crippen molar-refractivity contribution in [1.82, 2.24) is 25.5 Å². The van der Waals surface area contributed by atoms with Crippen LogP contribution in [0.2, 0.25) is 0 Å². The maximum absolute atomic E-state index is 12.3. The number of benzene rings is 1. The Morgan fingerprint density at radius 1 is 1.27 bits per heavy atom. The Morgan fingerprint density at radius 2 is 1.96 bits per heavy atom. The summed E-state index contributed by atoms with van der Waals surface area (Å²) in [7, 11) is 1.65. The maximum atomic E-state index is 12.3. The van der Waals surface area contributed by atoms with Crippen LogP contribution in [0.25, 0.3) is 0 Å². The van der Waals surface area contributed by atoms with Gasteiger partial charge in [0.1, 0.15) is 5.75 Å². The molecule has 0 radical (unpaired) electrons. The molecule has 2 aromatic rings. The van der Waals surface area contributed by atoms with Crippen LogP contribution in [0.3, 0.4) is 0 Å². The molecule has 8 heteroatoms. The van der Waals surface area contributed by atoms with Gasteiger partial charge in [0, 0.05) is 6.04 Å². The number of carbonyl (C=O) groups is 1. The minimum absolute atomic E-state index is 0.0813. The topological polar surface area (TPSA) is 81.9 Å². The zero-order valence-electron chi connectivity index (χ0n) is 14.8. The van der Waals surface area contributed by atoms with Gasteiger partial charge in [-0.2, -0.15) is 0 Å². The van der Waals surface area contributed by atoms with Gasteiger partial charge in [-0.1, -0.05) is 23.9 Å². The van der Waals surface area contributed by atoms with E-state index in [1.165, 1.54) is 37.4 Å². The molecule has 0 bridgehead atoms. The van der Waals surface area contributed by atoms with Crippen LogP contribution < -0.4 is 10.1 Å². The van der Waals surface area contributed by atoms with Crippen LogP contribution in [-0.2, 0) is 11.3 Å². The second kappa shape index (κ2) is 7.65. The van der Waals surface area contributed by atoms with Crippen LogP contribution in [0.1, 0.15) is 31.2 Å². The van der Waals surface area contributed by atoms with Crippen molar-refractivity contribution in [3.63, 3.8) is 0 Å². The van der Waals surface area contributed by atoms with Crippen LogP contribution in [0.5, 0.6) is 5.75 Å². The third-order valence-electron chi connectivity index (χ3n) is 4.91. The van der Waals surface area contributed by atoms with Crippen LogP contribution in [0.4, 0.5) is 0 Å². The van der Waals surface area contributed by atoms with Crippen LogP contribution in [0.15, 0.2) is 29.4 Å². The van der Waals surface area contributed by atoms with Gasteiger partial charge in [-0.25, -0.2) is 4.68 Å². The van der Waals surface area contributed by atoms with Gasteiger partial charge in [-0.3, -0.25) is 4.79 Å². The number of thioether (sulfide) groups is 1. The third kappa shape index (κ3) is 4.35. The average molecular weight is 373 g/mol. The highest BCUT2D eigenvalue weighted by atomic mass is 32.2. The molecule has 26 heavy (non-hydrogen) atoms. The smallest absolute Gasteiger partial charge is 0.230 e. The van der Waals surface area contributed by atoms with Crippen molar-refractivity contribution in [2.45, 2.75) is 43.4 Å². The summed E-state index contributed by atoms with van der Waals surface area (Å²) in [6, 6.07) is 8.18. The third-order valence-corrected chi connectivity index (χ3v) is 5.87. The summed E-state index contributed by atoms with van der Waals surface area (Å²) in [4.78, 5) is 12.3. The number of nitrogens with zero attached hydrogens (tertiary/aromatic N) is 4. The number of carbonyl (C=O) groups excluding carboxylic acids is 1. The SMILES string of the molecule is COc1ccc(Cn2nnnc2SCC(=O)NC(C2CC2)C2CC2)cc1. The molecule has 1 amide bonds. The monoisotopic (exact) mass is 373 g/mol. The molecule has 4 rings (SSSR count). The van der Waals surface area contributed by atoms with Gasteiger partial charge < -0.3 is 10.1 Å². The van der Waals surface area contributed by atoms with Crippen molar-refractivity contribution in [3.05, 3.63) is 29.8 Å². The lowest BCUT2D eigenvalue weighted by Gasteiger charge is -2.17. The van der Waals surface area contributed by atoms with E-state index in [-0.39, 0.29) is 5.91 Å². The summed E-state index contributed by atoms with van der Waals surface area (Å²) in [6.45, 7) is 0.563. The molecule has 0 spiro atoms. The maximum Gasteiger partial charge on any atom is 0.230 e. The fraction of sp³-hybridized carbons (Fsp3) is 0.556. The number of aromatic nitrogens is 4. The first-order valence-electron chi connectivity index (χ1n) is 9.04. The molecule has 0 atom stereocenters. The number of amides is 1. The van der Waals surface area contributed by atoms with Crippen molar-refractivity contribution < 1.29 is 9.53 Å². The van der Waals surface area contributed by atoms with Crippen LogP contribution in [-0.4, -0.2) is 45.0 Å². The normalized spacial score (nSPS) is 16.7. The Morgan fingerprint density at radius 3 is 2.58 bits per heavy atom. The van der Waals surface area contributed by atoms with Crippen molar-refractivity contribution in [1.29, 1.82) is 0 Å². The molecule has 1 N–H and O–H groups in total. The zero-order chi connectivity index (χ0) is 17.9. The van der Waals surface area contributed by atoms with Gasteiger partial charge in [0.2, 0.25) is 11.1 Å². The van der Waals surface area contributed by atoms with Crippen molar-refractivity contribution in [2.75, 3.05) is 12.9 Å². The lowest BCUT2D eigenvalue weighted by Crippen LogP contribution is -2.39. The molecule has 2 aliphatic carbocycles. The summed E-state index contributed by atoms with van der Waals surface area (Å²) >= 11 is 1.39. The summed E-state index contributed by atoms with van der Waals surface area (Å²) in [5.74, 6) is 2.66. The molecular formula is C18H23N5O2S. The number of hydrogen-bond donors (Lipinski definition) is 1. The lowest BCUT2D eigenvalue weighted by atomic mass is 10.1. The van der Waals surface area contributed by atoms with Crippen LogP contribution >= 0.6 is 11.8 Å². The molecule has 138 valence electrons. The Hall–Kier alpha value is -2.09. The average Bonchev–Trinajstić information content (AvgIpc) is 3.58. The molecule has 2 aliphatic rings. The number of methoxy groups -OCH3 is 1. The largest absolute Gasteiger partial charge is 0.497 e. The number of tetrazole rings is 1. The predicted octanol–water partition coefficient (Wildman–Crippen LogP) is 2.13. The van der Waals surface area contributed by atoms with Crippen molar-refractivity contribution in [3.8, 4) is 5.75 Å². The highest BCUT2D eigenvalue weighted by Crippen LogP contribution is 2.44. The first kappa shape index (κ1) is 17.3. The standard InChI is InChI=1S/C18H23N5O2S/c1-25-15-8-2-12(3-9-15)10-23-18(20-21-22-23)26-11-16(24)19-17(13-4-5-13)14-6-7-14/h2-3,8-9,13-14,17H,4-7,10-11H2,1H3,(H,19,24). The molecular weight excluding hydrogens is 350 g/mol. The molecule has 0 aliphatic heterocycles. The van der Waals surface area contributed by atoms with Crippen LogP contribution in [0, 0.1) is 11.8 Å². The molecule has 0 unspecified atom stereocenters. The Balaban J connectivity index is 1.31. The Kier molecular flexibility index (Phi) is 5.10. The first-order valence-corrected chi connectivity index (χ1v) is 10.0. The molecule has 1 heterocycles. The Labute approximate surface area is 156 Å². The number of nitrogens with one attached hydrogen (secondary N) is 1. The second-order valence-electron chi connectivity index (χ2n) is 7.02. The fourth-order valence-electron chi connectivity index (χ4n) is 3.19. The minimum atomic E-state index is 0.0813. The number of hydrogen-bond acceptors (Lipinski definition) is 6. The van der Waals surface area contributed by atoms with E-state index in [0.717, 1.165) is 11.3 Å². The van der Waals surface area contributed by atoms with E-state index >= 15 is 0 Å². The van der Waals surface area contributed by atoms with Gasteiger partial charge in [-0.15, -0.1) is 5.10 Å². The summed E-state index contributed by atoms with van der Waals surface area (Å²) in [6.07, 6.45) is 5.03. The van der Waals surface area contributed by atoms with Gasteiger partial charge in [0.15, 0.2) is 0 Å². The van der Waals surface area contributed by atoms with Gasteiger partial charge in [-0.05, 0) is 65.6 Å². The highest BCUT2D eigenvalue weighted by molar-refractivity contribution is 7.99. The molecule has 1 aromatic heterocycles. The zero-order valence-corrected chi connectivity index (χ0v) is 15.6. The van der Waals surface area contributed by atoms with E-state index in [4.69, 9.17) is 4.74 Å². The Bertz CT molecular complexity index is 743. The second-order valence-corrected chi connectivity index (χ2v) is 7.97. The lowest BCUT2D eigenvalue weighted by molar-refractivity contribution is -0.119. The summed E-state index contributed by atoms with van der Waals surface area (Å²) < 4.78 is 6.89. The molecule has 2 saturated carbocycles. The van der Waals surface area contributed by atoms with E-state index in [9.17, 15) is 4.79 Å². The minimum Gasteiger partial charge on any atom is -0.497 e. The fourth-order valence-corrected chi connectivity index (χ4v) is 3.88. The molecule has 0 saturated heterocycles. The number of ether oxygens (including phenoxy) is 1. The van der Waals surface area contributed by atoms with E-state index in [0.29, 0.717) is 35.3 Å². The van der Waals surface area contributed by atoms with Gasteiger partial charge >= 0.3 is 0 Å². The molecule has 7 nitrogen and oxygen atoms in total. The summed E-state index contributed by atoms with van der Waals surface area (Å²) in [5.41, 5.74) is 1.08. The van der Waals surface area contributed by atoms with Gasteiger partial charge in [0.05, 0.1) is 19.4 Å².